The van der Waals surface area contributed by atoms with Crippen LogP contribution in [0.15, 0.2) is 47.4 Å². The molecule has 5 nitrogen and oxygen atoms in total. The van der Waals surface area contributed by atoms with Crippen LogP contribution >= 0.6 is 0 Å². The Balaban J connectivity index is 2.20. The van der Waals surface area contributed by atoms with Crippen molar-refractivity contribution in [2.45, 2.75) is 24.8 Å². The van der Waals surface area contributed by atoms with Crippen molar-refractivity contribution in [3.05, 3.63) is 65.2 Å². The molecule has 1 unspecified atom stereocenters. The van der Waals surface area contributed by atoms with Gasteiger partial charge in [-0.3, -0.25) is 4.79 Å². The molecule has 2 aromatic rings. The fourth-order valence-electron chi connectivity index (χ4n) is 2.43. The molecule has 0 spiro atoms. The van der Waals surface area contributed by atoms with Crippen LogP contribution in [0.1, 0.15) is 35.8 Å². The van der Waals surface area contributed by atoms with E-state index in [0.29, 0.717) is 5.56 Å². The van der Waals surface area contributed by atoms with Gasteiger partial charge in [0, 0.05) is 19.2 Å². The van der Waals surface area contributed by atoms with Crippen molar-refractivity contribution in [3.8, 4) is 0 Å². The predicted octanol–water partition coefficient (Wildman–Crippen LogP) is 3.10. The van der Waals surface area contributed by atoms with Crippen molar-refractivity contribution < 1.29 is 22.0 Å². The summed E-state index contributed by atoms with van der Waals surface area (Å²) in [5, 5.41) is 0. The summed E-state index contributed by atoms with van der Waals surface area (Å²) in [5.41, 5.74) is 0.739. The molecule has 0 radical (unpaired) electrons. The molecule has 26 heavy (non-hydrogen) atoms. The minimum atomic E-state index is -3.59. The van der Waals surface area contributed by atoms with Crippen LogP contribution in [-0.4, -0.2) is 32.8 Å². The van der Waals surface area contributed by atoms with Gasteiger partial charge in [-0.25, -0.2) is 21.9 Å². The standard InChI is InChI=1S/C18H20F2N2O3S/c1-4-21-26(24,25)15-8-5-13(6-9-15)18(23)22(3)12(2)14-7-10-16(19)17(20)11-14/h5-12,21H,4H2,1-3H3. The van der Waals surface area contributed by atoms with Gasteiger partial charge in [-0.2, -0.15) is 0 Å². The van der Waals surface area contributed by atoms with E-state index in [1.807, 2.05) is 0 Å². The lowest BCUT2D eigenvalue weighted by atomic mass is 10.1. The normalized spacial score (nSPS) is 12.7. The topological polar surface area (TPSA) is 66.5 Å². The van der Waals surface area contributed by atoms with Crippen LogP contribution in [0.4, 0.5) is 8.78 Å². The number of rotatable bonds is 6. The van der Waals surface area contributed by atoms with E-state index < -0.39 is 27.7 Å². The molecule has 1 amide bonds. The fraction of sp³-hybridized carbons (Fsp3) is 0.278. The Morgan fingerprint density at radius 1 is 1.12 bits per heavy atom. The summed E-state index contributed by atoms with van der Waals surface area (Å²) < 4.78 is 52.7. The van der Waals surface area contributed by atoms with Crippen LogP contribution in [-0.2, 0) is 10.0 Å². The number of benzene rings is 2. The number of sulfonamides is 1. The molecular formula is C18H20F2N2O3S. The number of carbonyl (C=O) groups excluding carboxylic acids is 1. The molecule has 0 bridgehead atoms. The third-order valence-electron chi connectivity index (χ3n) is 4.07. The van der Waals surface area contributed by atoms with Crippen molar-refractivity contribution in [1.29, 1.82) is 0 Å². The minimum Gasteiger partial charge on any atom is -0.335 e. The Labute approximate surface area is 151 Å². The first-order valence-corrected chi connectivity index (χ1v) is 9.47. The number of hydrogen-bond donors (Lipinski definition) is 1. The fourth-order valence-corrected chi connectivity index (χ4v) is 3.47. The quantitative estimate of drug-likeness (QED) is 0.835. The van der Waals surface area contributed by atoms with Gasteiger partial charge in [-0.1, -0.05) is 13.0 Å². The summed E-state index contributed by atoms with van der Waals surface area (Å²) in [5.74, 6) is -2.30. The smallest absolute Gasteiger partial charge is 0.254 e. The lowest BCUT2D eigenvalue weighted by Crippen LogP contribution is -2.30. The zero-order valence-electron chi connectivity index (χ0n) is 14.7. The molecule has 0 heterocycles. The SMILES string of the molecule is CCNS(=O)(=O)c1ccc(C(=O)N(C)C(C)c2ccc(F)c(F)c2)cc1. The van der Waals surface area contributed by atoms with Gasteiger partial charge in [0.1, 0.15) is 0 Å². The van der Waals surface area contributed by atoms with Crippen LogP contribution in [0.3, 0.4) is 0 Å². The number of hydrogen-bond acceptors (Lipinski definition) is 3. The second-order valence-electron chi connectivity index (χ2n) is 5.79. The Morgan fingerprint density at radius 2 is 1.73 bits per heavy atom. The largest absolute Gasteiger partial charge is 0.335 e. The van der Waals surface area contributed by atoms with Gasteiger partial charge in [-0.15, -0.1) is 0 Å². The van der Waals surface area contributed by atoms with Crippen molar-refractivity contribution in [2.75, 3.05) is 13.6 Å². The van der Waals surface area contributed by atoms with Gasteiger partial charge in [0.25, 0.3) is 5.91 Å². The summed E-state index contributed by atoms with van der Waals surface area (Å²) in [6.45, 7) is 3.62. The molecule has 2 rings (SSSR count). The van der Waals surface area contributed by atoms with E-state index >= 15 is 0 Å². The molecule has 1 atom stereocenters. The number of nitrogens with zero attached hydrogens (tertiary/aromatic N) is 1. The van der Waals surface area contributed by atoms with Crippen LogP contribution in [0, 0.1) is 11.6 Å². The van der Waals surface area contributed by atoms with Crippen molar-refractivity contribution in [3.63, 3.8) is 0 Å². The first kappa shape index (κ1) is 20.0. The summed E-state index contributed by atoms with van der Waals surface area (Å²) in [7, 11) is -2.05. The first-order chi connectivity index (χ1) is 12.2. The van der Waals surface area contributed by atoms with Gasteiger partial charge in [0.2, 0.25) is 10.0 Å². The van der Waals surface area contributed by atoms with Crippen LogP contribution in [0.2, 0.25) is 0 Å². The van der Waals surface area contributed by atoms with E-state index in [-0.39, 0.29) is 22.9 Å². The highest BCUT2D eigenvalue weighted by Crippen LogP contribution is 2.23. The maximum absolute atomic E-state index is 13.4. The highest BCUT2D eigenvalue weighted by Gasteiger charge is 2.21. The van der Waals surface area contributed by atoms with Gasteiger partial charge in [-0.05, 0) is 48.9 Å². The van der Waals surface area contributed by atoms with Gasteiger partial charge >= 0.3 is 0 Å². The van der Waals surface area contributed by atoms with E-state index in [1.54, 1.807) is 13.8 Å². The van der Waals surface area contributed by atoms with Crippen LogP contribution < -0.4 is 4.72 Å². The first-order valence-electron chi connectivity index (χ1n) is 7.99. The van der Waals surface area contributed by atoms with Crippen LogP contribution in [0.25, 0.3) is 0 Å². The molecule has 140 valence electrons. The summed E-state index contributed by atoms with van der Waals surface area (Å²) in [6, 6.07) is 8.52. The van der Waals surface area contributed by atoms with E-state index in [2.05, 4.69) is 4.72 Å². The molecule has 8 heteroatoms. The predicted molar refractivity (Wildman–Crippen MR) is 94.2 cm³/mol. The molecule has 0 aliphatic carbocycles. The average molecular weight is 382 g/mol. The Kier molecular flexibility index (Phi) is 6.09. The second kappa shape index (κ2) is 7.92. The molecule has 0 aliphatic rings. The maximum Gasteiger partial charge on any atom is 0.254 e. The number of carbonyl (C=O) groups is 1. The Bertz CT molecular complexity index is 899. The molecular weight excluding hydrogens is 362 g/mol. The summed E-state index contributed by atoms with van der Waals surface area (Å²) in [6.07, 6.45) is 0. The van der Waals surface area contributed by atoms with Crippen molar-refractivity contribution in [2.24, 2.45) is 0 Å². The number of amides is 1. The second-order valence-corrected chi connectivity index (χ2v) is 7.56. The Hall–Kier alpha value is -2.32. The summed E-state index contributed by atoms with van der Waals surface area (Å²) >= 11 is 0. The van der Waals surface area contributed by atoms with E-state index in [0.717, 1.165) is 12.1 Å². The van der Waals surface area contributed by atoms with E-state index in [1.165, 1.54) is 42.3 Å². The lowest BCUT2D eigenvalue weighted by molar-refractivity contribution is 0.0742. The monoisotopic (exact) mass is 382 g/mol. The van der Waals surface area contributed by atoms with E-state index in [4.69, 9.17) is 0 Å². The highest BCUT2D eigenvalue weighted by atomic mass is 32.2. The van der Waals surface area contributed by atoms with E-state index in [9.17, 15) is 22.0 Å². The Morgan fingerprint density at radius 3 is 2.27 bits per heavy atom. The third kappa shape index (κ3) is 4.25. The molecule has 0 saturated carbocycles. The zero-order valence-corrected chi connectivity index (χ0v) is 15.5. The van der Waals surface area contributed by atoms with Gasteiger partial charge in [0.15, 0.2) is 11.6 Å². The highest BCUT2D eigenvalue weighted by molar-refractivity contribution is 7.89. The molecule has 2 aromatic carbocycles. The van der Waals surface area contributed by atoms with Crippen molar-refractivity contribution >= 4 is 15.9 Å². The van der Waals surface area contributed by atoms with Crippen molar-refractivity contribution in [1.82, 2.24) is 9.62 Å². The average Bonchev–Trinajstić information content (AvgIpc) is 2.62. The molecule has 0 fully saturated rings. The molecule has 0 aliphatic heterocycles. The zero-order chi connectivity index (χ0) is 19.5. The third-order valence-corrected chi connectivity index (χ3v) is 5.63. The minimum absolute atomic E-state index is 0.0622. The molecule has 1 N–H and O–H groups in total. The van der Waals surface area contributed by atoms with Gasteiger partial charge < -0.3 is 4.90 Å². The van der Waals surface area contributed by atoms with Crippen LogP contribution in [0.5, 0.6) is 0 Å². The summed E-state index contributed by atoms with van der Waals surface area (Å²) in [4.78, 5) is 14.0. The maximum atomic E-state index is 13.4. The molecule has 0 aromatic heterocycles. The lowest BCUT2D eigenvalue weighted by Gasteiger charge is -2.25. The number of halogens is 2. The van der Waals surface area contributed by atoms with Gasteiger partial charge in [0.05, 0.1) is 10.9 Å². The number of nitrogens with one attached hydrogen (secondary N) is 1. The molecule has 0 saturated heterocycles.